The van der Waals surface area contributed by atoms with E-state index in [1.165, 1.54) is 35.3 Å². The topological polar surface area (TPSA) is 105 Å². The molecule has 194 valence electrons. The van der Waals surface area contributed by atoms with Crippen LogP contribution in [-0.4, -0.2) is 61.2 Å². The third-order valence-corrected chi connectivity index (χ3v) is 7.75. The number of thioether (sulfide) groups is 1. The van der Waals surface area contributed by atoms with Gasteiger partial charge in [-0.3, -0.25) is 0 Å². The van der Waals surface area contributed by atoms with Gasteiger partial charge < -0.3 is 19.9 Å². The van der Waals surface area contributed by atoms with Gasteiger partial charge in [0.1, 0.15) is 16.7 Å². The molecule has 10 heteroatoms. The summed E-state index contributed by atoms with van der Waals surface area (Å²) in [6.45, 7) is 9.01. The number of ether oxygens (including phenoxy) is 2. The number of hydrogen-bond donors (Lipinski definition) is 2. The number of carbonyl (C=O) groups is 1. The SMILES string of the molecule is COc1ccc(S(=O)(=O)N(CC(C)C)CC(O)C(NC(=O)OC(C)(C)C)Sc2ccccc2)cc1. The molecule has 0 heterocycles. The lowest BCUT2D eigenvalue weighted by atomic mass is 10.2. The monoisotopic (exact) mass is 524 g/mol. The summed E-state index contributed by atoms with van der Waals surface area (Å²) in [5, 5.41) is 13.0. The maximum atomic E-state index is 13.4. The zero-order valence-corrected chi connectivity index (χ0v) is 22.7. The first-order valence-corrected chi connectivity index (χ1v) is 13.7. The van der Waals surface area contributed by atoms with Crippen LogP contribution >= 0.6 is 11.8 Å². The smallest absolute Gasteiger partial charge is 0.408 e. The fraction of sp³-hybridized carbons (Fsp3) is 0.480. The molecule has 2 aromatic rings. The second kappa shape index (κ2) is 12.6. The van der Waals surface area contributed by atoms with Gasteiger partial charge >= 0.3 is 6.09 Å². The Balaban J connectivity index is 2.31. The number of hydrogen-bond acceptors (Lipinski definition) is 7. The number of amides is 1. The number of carbonyl (C=O) groups excluding carboxylic acids is 1. The molecule has 0 bridgehead atoms. The lowest BCUT2D eigenvalue weighted by Crippen LogP contribution is -2.49. The number of benzene rings is 2. The predicted molar refractivity (Wildman–Crippen MR) is 138 cm³/mol. The van der Waals surface area contributed by atoms with Gasteiger partial charge in [0.15, 0.2) is 0 Å². The summed E-state index contributed by atoms with van der Waals surface area (Å²) in [6, 6.07) is 15.4. The highest BCUT2D eigenvalue weighted by Crippen LogP contribution is 2.27. The molecule has 8 nitrogen and oxygen atoms in total. The highest BCUT2D eigenvalue weighted by Gasteiger charge is 2.32. The van der Waals surface area contributed by atoms with Crippen LogP contribution in [0.2, 0.25) is 0 Å². The van der Waals surface area contributed by atoms with Gasteiger partial charge in [-0.05, 0) is 63.1 Å². The van der Waals surface area contributed by atoms with E-state index in [-0.39, 0.29) is 23.9 Å². The largest absolute Gasteiger partial charge is 0.497 e. The molecule has 2 rings (SSSR count). The summed E-state index contributed by atoms with van der Waals surface area (Å²) in [7, 11) is -2.41. The number of aliphatic hydroxyl groups is 1. The number of rotatable bonds is 11. The fourth-order valence-electron chi connectivity index (χ4n) is 3.15. The van der Waals surface area contributed by atoms with Crippen molar-refractivity contribution in [2.24, 2.45) is 5.92 Å². The average molecular weight is 525 g/mol. The van der Waals surface area contributed by atoms with E-state index in [9.17, 15) is 18.3 Å². The third-order valence-electron chi connectivity index (χ3n) is 4.67. The number of nitrogens with zero attached hydrogens (tertiary/aromatic N) is 1. The van der Waals surface area contributed by atoms with E-state index in [1.807, 2.05) is 44.2 Å². The van der Waals surface area contributed by atoms with Gasteiger partial charge in [0.25, 0.3) is 0 Å². The van der Waals surface area contributed by atoms with Crippen molar-refractivity contribution in [3.8, 4) is 5.75 Å². The molecule has 0 aliphatic carbocycles. The molecular formula is C25H36N2O6S2. The van der Waals surface area contributed by atoms with Crippen molar-refractivity contribution in [1.82, 2.24) is 9.62 Å². The molecule has 2 aromatic carbocycles. The molecule has 0 aliphatic heterocycles. The van der Waals surface area contributed by atoms with Crippen LogP contribution in [0, 0.1) is 5.92 Å². The minimum absolute atomic E-state index is 0.00858. The van der Waals surface area contributed by atoms with Crippen molar-refractivity contribution >= 4 is 27.9 Å². The van der Waals surface area contributed by atoms with E-state index in [0.29, 0.717) is 5.75 Å². The van der Waals surface area contributed by atoms with E-state index in [2.05, 4.69) is 5.32 Å². The van der Waals surface area contributed by atoms with E-state index < -0.39 is 33.2 Å². The van der Waals surface area contributed by atoms with Crippen LogP contribution < -0.4 is 10.1 Å². The van der Waals surface area contributed by atoms with Crippen molar-refractivity contribution in [1.29, 1.82) is 0 Å². The molecule has 0 fully saturated rings. The molecule has 0 saturated carbocycles. The lowest BCUT2D eigenvalue weighted by molar-refractivity contribution is 0.0464. The second-order valence-electron chi connectivity index (χ2n) is 9.46. The molecule has 2 N–H and O–H groups in total. The molecule has 35 heavy (non-hydrogen) atoms. The zero-order valence-electron chi connectivity index (χ0n) is 21.1. The van der Waals surface area contributed by atoms with Crippen LogP contribution in [0.4, 0.5) is 4.79 Å². The number of aliphatic hydroxyl groups excluding tert-OH is 1. The molecule has 2 atom stereocenters. The lowest BCUT2D eigenvalue weighted by Gasteiger charge is -2.31. The summed E-state index contributed by atoms with van der Waals surface area (Å²) in [6.07, 6.45) is -1.92. The summed E-state index contributed by atoms with van der Waals surface area (Å²) in [4.78, 5) is 13.4. The maximum Gasteiger partial charge on any atom is 0.408 e. The number of nitrogens with one attached hydrogen (secondary N) is 1. The molecule has 0 spiro atoms. The van der Waals surface area contributed by atoms with Crippen LogP contribution in [0.1, 0.15) is 34.6 Å². The normalized spacial score (nSPS) is 14.0. The molecule has 0 aliphatic rings. The van der Waals surface area contributed by atoms with E-state index in [1.54, 1.807) is 32.9 Å². The quantitative estimate of drug-likeness (QED) is 0.333. The fourth-order valence-corrected chi connectivity index (χ4v) is 5.78. The first-order valence-electron chi connectivity index (χ1n) is 11.4. The van der Waals surface area contributed by atoms with E-state index in [4.69, 9.17) is 9.47 Å². The first kappa shape index (κ1) is 29.0. The van der Waals surface area contributed by atoms with Gasteiger partial charge in [0, 0.05) is 18.0 Å². The highest BCUT2D eigenvalue weighted by atomic mass is 32.2. The van der Waals surface area contributed by atoms with Crippen molar-refractivity contribution in [3.05, 3.63) is 54.6 Å². The Morgan fingerprint density at radius 3 is 2.17 bits per heavy atom. The first-order chi connectivity index (χ1) is 16.3. The van der Waals surface area contributed by atoms with E-state index in [0.717, 1.165) is 4.90 Å². The Hall–Kier alpha value is -2.27. The molecule has 2 unspecified atom stereocenters. The summed E-state index contributed by atoms with van der Waals surface area (Å²) < 4.78 is 38.6. The predicted octanol–water partition coefficient (Wildman–Crippen LogP) is 4.35. The Labute approximate surface area is 213 Å². The maximum absolute atomic E-state index is 13.4. The number of methoxy groups -OCH3 is 1. The zero-order chi connectivity index (χ0) is 26.2. The average Bonchev–Trinajstić information content (AvgIpc) is 2.77. The number of alkyl carbamates (subject to hydrolysis) is 1. The van der Waals surface area contributed by atoms with Crippen LogP contribution in [0.3, 0.4) is 0 Å². The van der Waals surface area contributed by atoms with Crippen LogP contribution in [0.15, 0.2) is 64.4 Å². The molecule has 0 saturated heterocycles. The second-order valence-corrected chi connectivity index (χ2v) is 12.6. The highest BCUT2D eigenvalue weighted by molar-refractivity contribution is 8.00. The molecule has 1 amide bonds. The number of sulfonamides is 1. The Kier molecular flexibility index (Phi) is 10.4. The Bertz CT molecular complexity index is 1040. The van der Waals surface area contributed by atoms with Gasteiger partial charge in [0.2, 0.25) is 10.0 Å². The molecular weight excluding hydrogens is 488 g/mol. The van der Waals surface area contributed by atoms with Gasteiger partial charge in [-0.25, -0.2) is 13.2 Å². The van der Waals surface area contributed by atoms with Gasteiger partial charge in [-0.2, -0.15) is 4.31 Å². The van der Waals surface area contributed by atoms with E-state index >= 15 is 0 Å². The van der Waals surface area contributed by atoms with Gasteiger partial charge in [0.05, 0.1) is 18.1 Å². The van der Waals surface area contributed by atoms with Crippen LogP contribution in [0.5, 0.6) is 5.75 Å². The van der Waals surface area contributed by atoms with Gasteiger partial charge in [-0.1, -0.05) is 43.8 Å². The standard InChI is InChI=1S/C25H36N2O6S2/c1-18(2)16-27(35(30,31)21-14-12-19(32-6)13-15-21)17-22(28)23(26-24(29)33-25(3,4)5)34-20-10-8-7-9-11-20/h7-15,18,22-23,28H,16-17H2,1-6H3,(H,26,29). The minimum atomic E-state index is -3.92. The minimum Gasteiger partial charge on any atom is -0.497 e. The summed E-state index contributed by atoms with van der Waals surface area (Å²) in [5.41, 5.74) is -0.724. The third kappa shape index (κ3) is 9.36. The Morgan fingerprint density at radius 2 is 1.66 bits per heavy atom. The summed E-state index contributed by atoms with van der Waals surface area (Å²) in [5.74, 6) is 0.551. The van der Waals surface area contributed by atoms with Crippen molar-refractivity contribution < 1.29 is 27.8 Å². The van der Waals surface area contributed by atoms with Crippen molar-refractivity contribution in [2.75, 3.05) is 20.2 Å². The summed E-state index contributed by atoms with van der Waals surface area (Å²) >= 11 is 1.22. The van der Waals surface area contributed by atoms with Crippen LogP contribution in [-0.2, 0) is 14.8 Å². The van der Waals surface area contributed by atoms with Gasteiger partial charge in [-0.15, -0.1) is 0 Å². The molecule has 0 radical (unpaired) electrons. The van der Waals surface area contributed by atoms with Crippen LogP contribution in [0.25, 0.3) is 0 Å². The van der Waals surface area contributed by atoms with Crippen molar-refractivity contribution in [3.63, 3.8) is 0 Å². The Morgan fingerprint density at radius 1 is 1.06 bits per heavy atom. The van der Waals surface area contributed by atoms with Crippen molar-refractivity contribution in [2.45, 2.75) is 61.5 Å². The molecule has 0 aromatic heterocycles.